The first-order valence-electron chi connectivity index (χ1n) is 13.6. The van der Waals surface area contributed by atoms with Gasteiger partial charge in [0.05, 0.1) is 0 Å². The van der Waals surface area contributed by atoms with Gasteiger partial charge < -0.3 is 10.0 Å². The Balaban J connectivity index is 3.73. The number of rotatable bonds is 23. The summed E-state index contributed by atoms with van der Waals surface area (Å²) in [5.41, 5.74) is 0. The van der Waals surface area contributed by atoms with Crippen LogP contribution in [0, 0.1) is 0 Å². The van der Waals surface area contributed by atoms with Crippen LogP contribution in [0.25, 0.3) is 0 Å². The van der Waals surface area contributed by atoms with Crippen molar-refractivity contribution in [2.24, 2.45) is 0 Å². The second-order valence-electron chi connectivity index (χ2n) is 9.37. The van der Waals surface area contributed by atoms with E-state index in [2.05, 4.69) is 13.8 Å². The molecule has 1 N–H and O–H groups in total. The standard InChI is InChI=1S/C27H55NO2/c1-4-6-8-10-12-14-16-18-20-22-24-28(27(30)26(3)29)25-23-21-19-17-15-13-11-9-7-5-2/h26,29H,4-25H2,1-3H3. The second-order valence-corrected chi connectivity index (χ2v) is 9.37. The van der Waals surface area contributed by atoms with E-state index in [0.717, 1.165) is 25.9 Å². The summed E-state index contributed by atoms with van der Waals surface area (Å²) in [7, 11) is 0. The lowest BCUT2D eigenvalue weighted by molar-refractivity contribution is -0.139. The molecule has 0 aliphatic carbocycles. The van der Waals surface area contributed by atoms with E-state index < -0.39 is 6.10 Å². The molecule has 0 saturated carbocycles. The van der Waals surface area contributed by atoms with Crippen LogP contribution in [-0.4, -0.2) is 35.1 Å². The van der Waals surface area contributed by atoms with Crippen LogP contribution in [0.1, 0.15) is 149 Å². The maximum absolute atomic E-state index is 12.3. The normalized spacial score (nSPS) is 12.3. The van der Waals surface area contributed by atoms with Crippen molar-refractivity contribution in [1.82, 2.24) is 4.90 Å². The molecule has 0 aliphatic rings. The summed E-state index contributed by atoms with van der Waals surface area (Å²) in [6, 6.07) is 0. The summed E-state index contributed by atoms with van der Waals surface area (Å²) in [6.45, 7) is 7.77. The topological polar surface area (TPSA) is 40.5 Å². The van der Waals surface area contributed by atoms with Crippen LogP contribution < -0.4 is 0 Å². The SMILES string of the molecule is CCCCCCCCCCCCN(CCCCCCCCCCCC)C(=O)C(C)O. The van der Waals surface area contributed by atoms with E-state index in [0.29, 0.717) is 0 Å². The van der Waals surface area contributed by atoms with Gasteiger partial charge in [-0.05, 0) is 19.8 Å². The number of unbranched alkanes of at least 4 members (excludes halogenated alkanes) is 18. The van der Waals surface area contributed by atoms with Crippen molar-refractivity contribution in [2.45, 2.75) is 155 Å². The largest absolute Gasteiger partial charge is 0.384 e. The lowest BCUT2D eigenvalue weighted by atomic mass is 10.1. The Labute approximate surface area is 189 Å². The predicted octanol–water partition coefficient (Wildman–Crippen LogP) is 8.04. The number of aliphatic hydroxyl groups excluding tert-OH is 1. The molecular formula is C27H55NO2. The van der Waals surface area contributed by atoms with Crippen molar-refractivity contribution in [3.05, 3.63) is 0 Å². The smallest absolute Gasteiger partial charge is 0.251 e. The number of hydrogen-bond acceptors (Lipinski definition) is 2. The minimum absolute atomic E-state index is 0.0816. The highest BCUT2D eigenvalue weighted by atomic mass is 16.3. The van der Waals surface area contributed by atoms with E-state index in [1.54, 1.807) is 6.92 Å². The molecule has 0 fully saturated rings. The molecule has 0 heterocycles. The number of amides is 1. The lowest BCUT2D eigenvalue weighted by Crippen LogP contribution is -2.39. The Morgan fingerprint density at radius 2 is 0.833 bits per heavy atom. The van der Waals surface area contributed by atoms with E-state index >= 15 is 0 Å². The molecule has 0 aromatic heterocycles. The Kier molecular flexibility index (Phi) is 22.7. The molecule has 0 rings (SSSR count). The summed E-state index contributed by atoms with van der Waals surface area (Å²) in [4.78, 5) is 14.2. The van der Waals surface area contributed by atoms with Crippen molar-refractivity contribution < 1.29 is 9.90 Å². The number of carbonyl (C=O) groups is 1. The summed E-state index contributed by atoms with van der Waals surface area (Å²) in [5, 5.41) is 9.72. The third-order valence-corrected chi connectivity index (χ3v) is 6.23. The molecule has 180 valence electrons. The van der Waals surface area contributed by atoms with Crippen molar-refractivity contribution in [1.29, 1.82) is 0 Å². The van der Waals surface area contributed by atoms with Crippen LogP contribution in [0.15, 0.2) is 0 Å². The third kappa shape index (κ3) is 19.4. The molecule has 0 spiro atoms. The predicted molar refractivity (Wildman–Crippen MR) is 132 cm³/mol. The lowest BCUT2D eigenvalue weighted by Gasteiger charge is -2.24. The molecular weight excluding hydrogens is 370 g/mol. The molecule has 3 heteroatoms. The van der Waals surface area contributed by atoms with Crippen LogP contribution in [0.2, 0.25) is 0 Å². The minimum Gasteiger partial charge on any atom is -0.384 e. The zero-order valence-corrected chi connectivity index (χ0v) is 20.9. The van der Waals surface area contributed by atoms with Crippen LogP contribution in [-0.2, 0) is 4.79 Å². The molecule has 3 nitrogen and oxygen atoms in total. The van der Waals surface area contributed by atoms with Gasteiger partial charge in [0, 0.05) is 13.1 Å². The Hall–Kier alpha value is -0.570. The van der Waals surface area contributed by atoms with Crippen molar-refractivity contribution in [3.63, 3.8) is 0 Å². The quantitative estimate of drug-likeness (QED) is 0.168. The van der Waals surface area contributed by atoms with E-state index in [9.17, 15) is 9.90 Å². The summed E-state index contributed by atoms with van der Waals surface area (Å²) in [6.07, 6.45) is 25.4. The highest BCUT2D eigenvalue weighted by Gasteiger charge is 2.17. The fraction of sp³-hybridized carbons (Fsp3) is 0.963. The average molecular weight is 426 g/mol. The van der Waals surface area contributed by atoms with Gasteiger partial charge >= 0.3 is 0 Å². The first kappa shape index (κ1) is 29.4. The van der Waals surface area contributed by atoms with Gasteiger partial charge in [0.25, 0.3) is 5.91 Å². The van der Waals surface area contributed by atoms with E-state index in [-0.39, 0.29) is 5.91 Å². The van der Waals surface area contributed by atoms with E-state index in [4.69, 9.17) is 0 Å². The molecule has 1 atom stereocenters. The van der Waals surface area contributed by atoms with Crippen LogP contribution in [0.4, 0.5) is 0 Å². The monoisotopic (exact) mass is 425 g/mol. The fourth-order valence-electron chi connectivity index (χ4n) is 4.18. The van der Waals surface area contributed by atoms with Gasteiger partial charge in [-0.3, -0.25) is 4.79 Å². The van der Waals surface area contributed by atoms with Gasteiger partial charge in [0.2, 0.25) is 0 Å². The molecule has 30 heavy (non-hydrogen) atoms. The molecule has 0 radical (unpaired) electrons. The molecule has 0 saturated heterocycles. The highest BCUT2D eigenvalue weighted by molar-refractivity contribution is 5.80. The maximum Gasteiger partial charge on any atom is 0.251 e. The Morgan fingerprint density at radius 3 is 1.10 bits per heavy atom. The van der Waals surface area contributed by atoms with Gasteiger partial charge in [0.1, 0.15) is 6.10 Å². The summed E-state index contributed by atoms with van der Waals surface area (Å²) < 4.78 is 0. The first-order valence-corrected chi connectivity index (χ1v) is 13.6. The molecule has 0 aromatic carbocycles. The van der Waals surface area contributed by atoms with Gasteiger partial charge in [0.15, 0.2) is 0 Å². The van der Waals surface area contributed by atoms with Crippen molar-refractivity contribution in [2.75, 3.05) is 13.1 Å². The number of aliphatic hydroxyl groups is 1. The average Bonchev–Trinajstić information content (AvgIpc) is 2.74. The maximum atomic E-state index is 12.3. The van der Waals surface area contributed by atoms with Crippen molar-refractivity contribution in [3.8, 4) is 0 Å². The number of nitrogens with zero attached hydrogens (tertiary/aromatic N) is 1. The van der Waals surface area contributed by atoms with Gasteiger partial charge in [-0.25, -0.2) is 0 Å². The van der Waals surface area contributed by atoms with Crippen molar-refractivity contribution >= 4 is 5.91 Å². The molecule has 0 bridgehead atoms. The number of carbonyl (C=O) groups excluding carboxylic acids is 1. The number of hydrogen-bond donors (Lipinski definition) is 1. The summed E-state index contributed by atoms with van der Waals surface area (Å²) >= 11 is 0. The van der Waals surface area contributed by atoms with Gasteiger partial charge in [-0.2, -0.15) is 0 Å². The molecule has 1 unspecified atom stereocenters. The molecule has 1 amide bonds. The van der Waals surface area contributed by atoms with Crippen LogP contribution >= 0.6 is 0 Å². The minimum atomic E-state index is -0.865. The summed E-state index contributed by atoms with van der Waals surface area (Å²) in [5.74, 6) is -0.0816. The molecule has 0 aromatic rings. The van der Waals surface area contributed by atoms with E-state index in [1.165, 1.54) is 116 Å². The Morgan fingerprint density at radius 1 is 0.567 bits per heavy atom. The zero-order chi connectivity index (χ0) is 22.3. The van der Waals surface area contributed by atoms with E-state index in [1.807, 2.05) is 4.90 Å². The zero-order valence-electron chi connectivity index (χ0n) is 20.9. The van der Waals surface area contributed by atoms with Gasteiger partial charge in [-0.1, -0.05) is 129 Å². The second kappa shape index (κ2) is 23.1. The van der Waals surface area contributed by atoms with Gasteiger partial charge in [-0.15, -0.1) is 0 Å². The van der Waals surface area contributed by atoms with Crippen LogP contribution in [0.3, 0.4) is 0 Å². The Bertz CT molecular complexity index is 333. The third-order valence-electron chi connectivity index (χ3n) is 6.23. The van der Waals surface area contributed by atoms with Crippen LogP contribution in [0.5, 0.6) is 0 Å². The highest BCUT2D eigenvalue weighted by Crippen LogP contribution is 2.13. The first-order chi connectivity index (χ1) is 14.6. The molecule has 0 aliphatic heterocycles. The fourth-order valence-corrected chi connectivity index (χ4v) is 4.18.